The average molecular weight is 276 g/mol. The Hall–Kier alpha value is -0.630. The van der Waals surface area contributed by atoms with Gasteiger partial charge in [-0.1, -0.05) is 6.07 Å². The summed E-state index contributed by atoms with van der Waals surface area (Å²) in [5, 5.41) is 8.81. The maximum atomic E-state index is 11.9. The average Bonchev–Trinajstić information content (AvgIpc) is 2.28. The van der Waals surface area contributed by atoms with Gasteiger partial charge in [0, 0.05) is 18.0 Å². The third-order valence-corrected chi connectivity index (χ3v) is 4.37. The number of thioether (sulfide) groups is 1. The maximum Gasteiger partial charge on any atom is 0.258 e. The minimum absolute atomic E-state index is 0.0253. The van der Waals surface area contributed by atoms with Gasteiger partial charge < -0.3 is 5.11 Å². The van der Waals surface area contributed by atoms with Crippen LogP contribution in [0.25, 0.3) is 0 Å². The van der Waals surface area contributed by atoms with Gasteiger partial charge in [0.05, 0.1) is 6.61 Å². The molecule has 0 aliphatic rings. The Bertz CT molecular complexity index is 445. The molecule has 17 heavy (non-hydrogen) atoms. The van der Waals surface area contributed by atoms with Crippen molar-refractivity contribution in [1.29, 1.82) is 0 Å². The van der Waals surface area contributed by atoms with E-state index < -0.39 is 10.0 Å². The molecular formula is C10H16N2O3S2. The quantitative estimate of drug-likeness (QED) is 0.795. The standard InChI is InChI=1S/C10H16N2O3S2/c1-8(7-16-2)12-17(14,15)10-4-3-9(6-13)5-11-10/h3-5,8,12-13H,6-7H2,1-2H3. The third kappa shape index (κ3) is 4.27. The van der Waals surface area contributed by atoms with Gasteiger partial charge in [0.15, 0.2) is 5.03 Å². The molecular weight excluding hydrogens is 260 g/mol. The molecule has 0 saturated heterocycles. The molecule has 96 valence electrons. The van der Waals surface area contributed by atoms with Crippen LogP contribution in [0.4, 0.5) is 0 Å². The summed E-state index contributed by atoms with van der Waals surface area (Å²) in [6, 6.07) is 2.79. The predicted octanol–water partition coefficient (Wildman–Crippen LogP) is 0.604. The highest BCUT2D eigenvalue weighted by Crippen LogP contribution is 2.08. The van der Waals surface area contributed by atoms with Crippen LogP contribution in [0.2, 0.25) is 0 Å². The molecule has 7 heteroatoms. The van der Waals surface area contributed by atoms with Gasteiger partial charge in [-0.05, 0) is 24.8 Å². The van der Waals surface area contributed by atoms with Gasteiger partial charge in [-0.15, -0.1) is 0 Å². The smallest absolute Gasteiger partial charge is 0.258 e. The number of hydrogen-bond acceptors (Lipinski definition) is 5. The summed E-state index contributed by atoms with van der Waals surface area (Å²) in [6.07, 6.45) is 3.27. The van der Waals surface area contributed by atoms with Gasteiger partial charge in [-0.2, -0.15) is 11.8 Å². The van der Waals surface area contributed by atoms with E-state index >= 15 is 0 Å². The molecule has 1 aromatic rings. The van der Waals surface area contributed by atoms with Crippen molar-refractivity contribution < 1.29 is 13.5 Å². The molecule has 0 bridgehead atoms. The molecule has 5 nitrogen and oxygen atoms in total. The zero-order valence-corrected chi connectivity index (χ0v) is 11.4. The lowest BCUT2D eigenvalue weighted by Crippen LogP contribution is -2.34. The van der Waals surface area contributed by atoms with E-state index in [0.29, 0.717) is 11.3 Å². The van der Waals surface area contributed by atoms with Gasteiger partial charge in [0.25, 0.3) is 10.0 Å². The van der Waals surface area contributed by atoms with E-state index in [4.69, 9.17) is 5.11 Å². The maximum absolute atomic E-state index is 11.9. The molecule has 1 rings (SSSR count). The fourth-order valence-corrected chi connectivity index (χ4v) is 3.13. The Morgan fingerprint density at radius 1 is 1.53 bits per heavy atom. The van der Waals surface area contributed by atoms with Crippen molar-refractivity contribution in [2.45, 2.75) is 24.6 Å². The van der Waals surface area contributed by atoms with E-state index in [9.17, 15) is 8.42 Å². The molecule has 1 heterocycles. The molecule has 0 radical (unpaired) electrons. The largest absolute Gasteiger partial charge is 0.392 e. The van der Waals surface area contributed by atoms with Gasteiger partial charge in [-0.3, -0.25) is 0 Å². The molecule has 0 saturated carbocycles. The molecule has 0 spiro atoms. The highest BCUT2D eigenvalue weighted by molar-refractivity contribution is 7.98. The lowest BCUT2D eigenvalue weighted by atomic mass is 10.3. The Kier molecular flexibility index (Phi) is 5.38. The van der Waals surface area contributed by atoms with Gasteiger partial charge in [0.2, 0.25) is 0 Å². The zero-order chi connectivity index (χ0) is 12.9. The number of nitrogens with zero attached hydrogens (tertiary/aromatic N) is 1. The Morgan fingerprint density at radius 3 is 2.71 bits per heavy atom. The molecule has 0 aliphatic carbocycles. The van der Waals surface area contributed by atoms with Crippen LogP contribution < -0.4 is 4.72 Å². The molecule has 0 amide bonds. The summed E-state index contributed by atoms with van der Waals surface area (Å²) in [6.45, 7) is 1.65. The highest BCUT2D eigenvalue weighted by Gasteiger charge is 2.18. The van der Waals surface area contributed by atoms with Crippen molar-refractivity contribution >= 4 is 21.8 Å². The minimum atomic E-state index is -3.56. The number of aliphatic hydroxyl groups excluding tert-OH is 1. The third-order valence-electron chi connectivity index (χ3n) is 2.03. The monoisotopic (exact) mass is 276 g/mol. The van der Waals surface area contributed by atoms with Crippen molar-refractivity contribution in [1.82, 2.24) is 9.71 Å². The highest BCUT2D eigenvalue weighted by atomic mass is 32.2. The van der Waals surface area contributed by atoms with E-state index in [1.54, 1.807) is 24.8 Å². The zero-order valence-electron chi connectivity index (χ0n) is 9.75. The van der Waals surface area contributed by atoms with E-state index in [1.807, 2.05) is 6.26 Å². The molecule has 1 atom stereocenters. The van der Waals surface area contributed by atoms with Crippen molar-refractivity contribution in [3.05, 3.63) is 23.9 Å². The van der Waals surface area contributed by atoms with Crippen LogP contribution in [0.15, 0.2) is 23.4 Å². The topological polar surface area (TPSA) is 79.3 Å². The van der Waals surface area contributed by atoms with Crippen molar-refractivity contribution in [2.24, 2.45) is 0 Å². The number of hydrogen-bond donors (Lipinski definition) is 2. The van der Waals surface area contributed by atoms with Crippen LogP contribution in [0.3, 0.4) is 0 Å². The van der Waals surface area contributed by atoms with E-state index in [2.05, 4.69) is 9.71 Å². The van der Waals surface area contributed by atoms with E-state index in [-0.39, 0.29) is 17.7 Å². The summed E-state index contributed by atoms with van der Waals surface area (Å²) < 4.78 is 26.3. The molecule has 1 aromatic heterocycles. The first kappa shape index (κ1) is 14.4. The van der Waals surface area contributed by atoms with E-state index in [1.165, 1.54) is 12.3 Å². The van der Waals surface area contributed by atoms with Crippen LogP contribution in [-0.4, -0.2) is 36.6 Å². The summed E-state index contributed by atoms with van der Waals surface area (Å²) in [7, 11) is -3.56. The fraction of sp³-hybridized carbons (Fsp3) is 0.500. The summed E-state index contributed by atoms with van der Waals surface area (Å²) in [5.74, 6) is 0.702. The number of rotatable bonds is 6. The Morgan fingerprint density at radius 2 is 2.24 bits per heavy atom. The molecule has 2 N–H and O–H groups in total. The number of nitrogens with one attached hydrogen (secondary N) is 1. The molecule has 0 fully saturated rings. The lowest BCUT2D eigenvalue weighted by Gasteiger charge is -2.12. The molecule has 0 aromatic carbocycles. The normalized spacial score (nSPS) is 13.6. The van der Waals surface area contributed by atoms with Crippen LogP contribution in [-0.2, 0) is 16.6 Å². The van der Waals surface area contributed by atoms with Gasteiger partial charge >= 0.3 is 0 Å². The van der Waals surface area contributed by atoms with Gasteiger partial charge in [-0.25, -0.2) is 18.1 Å². The van der Waals surface area contributed by atoms with Crippen LogP contribution >= 0.6 is 11.8 Å². The number of aromatic nitrogens is 1. The first-order chi connectivity index (χ1) is 7.99. The first-order valence-electron chi connectivity index (χ1n) is 5.06. The Balaban J connectivity index is 2.82. The second-order valence-electron chi connectivity index (χ2n) is 3.64. The number of aliphatic hydroxyl groups is 1. The molecule has 1 unspecified atom stereocenters. The summed E-state index contributed by atoms with van der Waals surface area (Å²) in [4.78, 5) is 3.82. The first-order valence-corrected chi connectivity index (χ1v) is 7.94. The minimum Gasteiger partial charge on any atom is -0.392 e. The van der Waals surface area contributed by atoms with Gasteiger partial charge in [0.1, 0.15) is 0 Å². The fourth-order valence-electron chi connectivity index (χ4n) is 1.27. The van der Waals surface area contributed by atoms with Crippen LogP contribution in [0, 0.1) is 0 Å². The lowest BCUT2D eigenvalue weighted by molar-refractivity contribution is 0.281. The van der Waals surface area contributed by atoms with Crippen molar-refractivity contribution in [3.63, 3.8) is 0 Å². The van der Waals surface area contributed by atoms with Crippen LogP contribution in [0.1, 0.15) is 12.5 Å². The molecule has 0 aliphatic heterocycles. The van der Waals surface area contributed by atoms with Crippen molar-refractivity contribution in [2.75, 3.05) is 12.0 Å². The van der Waals surface area contributed by atoms with Crippen LogP contribution in [0.5, 0.6) is 0 Å². The second-order valence-corrected chi connectivity index (χ2v) is 6.21. The number of sulfonamides is 1. The summed E-state index contributed by atoms with van der Waals surface area (Å²) >= 11 is 1.57. The SMILES string of the molecule is CSCC(C)NS(=O)(=O)c1ccc(CO)cn1. The predicted molar refractivity (Wildman–Crippen MR) is 68.3 cm³/mol. The summed E-state index contributed by atoms with van der Waals surface area (Å²) in [5.41, 5.74) is 0.584. The second kappa shape index (κ2) is 6.34. The number of pyridine rings is 1. The van der Waals surface area contributed by atoms with Crippen molar-refractivity contribution in [3.8, 4) is 0 Å². The van der Waals surface area contributed by atoms with E-state index in [0.717, 1.165) is 0 Å². The Labute approximate surface area is 106 Å².